The van der Waals surface area contributed by atoms with Crippen molar-refractivity contribution in [3.8, 4) is 0 Å². The Labute approximate surface area is 204 Å². The molecule has 10 heteroatoms. The van der Waals surface area contributed by atoms with Gasteiger partial charge >= 0.3 is 11.9 Å². The van der Waals surface area contributed by atoms with E-state index in [4.69, 9.17) is 9.47 Å². The van der Waals surface area contributed by atoms with Crippen molar-refractivity contribution < 1.29 is 33.8 Å². The lowest BCUT2D eigenvalue weighted by Gasteiger charge is -2.44. The number of nitrogens with zero attached hydrogens (tertiary/aromatic N) is 2. The highest BCUT2D eigenvalue weighted by atomic mass is 16.7. The smallest absolute Gasteiger partial charge is 0.358 e. The van der Waals surface area contributed by atoms with Gasteiger partial charge in [0.25, 0.3) is 0 Å². The number of carbonyl (C=O) groups excluding carboxylic acids is 4. The monoisotopic (exact) mass is 487 g/mol. The molecular weight excluding hydrogens is 454 g/mol. The van der Waals surface area contributed by atoms with Crippen molar-refractivity contribution in [1.82, 2.24) is 9.80 Å². The second kappa shape index (κ2) is 10.1. The number of β-lactam (4-membered cyclic amide) rings is 1. The number of fused-ring (bicyclic) bond motifs is 1. The number of nitrogens with one attached hydrogen (secondary N) is 1. The molecule has 0 radical (unpaired) electrons. The van der Waals surface area contributed by atoms with E-state index in [-0.39, 0.29) is 30.1 Å². The molecule has 1 aromatic carbocycles. The van der Waals surface area contributed by atoms with Crippen LogP contribution < -0.4 is 5.32 Å². The van der Waals surface area contributed by atoms with E-state index in [1.165, 1.54) is 9.80 Å². The van der Waals surface area contributed by atoms with Crippen LogP contribution >= 0.6 is 0 Å². The third-order valence-corrected chi connectivity index (χ3v) is 6.07. The number of anilines is 1. The van der Waals surface area contributed by atoms with Crippen LogP contribution in [0.4, 0.5) is 5.69 Å². The lowest BCUT2D eigenvalue weighted by atomic mass is 9.82. The molecule has 35 heavy (non-hydrogen) atoms. The molecule has 0 spiro atoms. The van der Waals surface area contributed by atoms with Crippen LogP contribution in [0.2, 0.25) is 0 Å². The Kier molecular flexibility index (Phi) is 7.54. The highest BCUT2D eigenvalue weighted by molar-refractivity contribution is 6.07. The number of hydrogen-bond acceptors (Lipinski definition) is 8. The minimum atomic E-state index is -0.863. The summed E-state index contributed by atoms with van der Waals surface area (Å²) in [5, 5.41) is 13.1. The van der Waals surface area contributed by atoms with Crippen LogP contribution in [0, 0.1) is 11.3 Å². The van der Waals surface area contributed by atoms with Crippen LogP contribution in [-0.4, -0.2) is 78.2 Å². The zero-order chi connectivity index (χ0) is 26.1. The summed E-state index contributed by atoms with van der Waals surface area (Å²) in [5.74, 6) is -2.39. The first kappa shape index (κ1) is 26.2. The van der Waals surface area contributed by atoms with E-state index >= 15 is 0 Å². The second-order valence-corrected chi connectivity index (χ2v) is 10.0. The second-order valence-electron chi connectivity index (χ2n) is 10.0. The lowest BCUT2D eigenvalue weighted by Crippen LogP contribution is -2.61. The molecule has 2 N–H and O–H groups in total. The Morgan fingerprint density at radius 3 is 2.51 bits per heavy atom. The average Bonchev–Trinajstić information content (AvgIpc) is 3.11. The molecule has 0 unspecified atom stereocenters. The first-order valence-corrected chi connectivity index (χ1v) is 11.5. The quantitative estimate of drug-likeness (QED) is 0.322. The van der Waals surface area contributed by atoms with Crippen LogP contribution in [0.1, 0.15) is 39.7 Å². The number of benzene rings is 1. The SMILES string of the molecule is C[C@@H](O)[C@H]1C(=O)N2C(C(=O)OCOC(=O)C(C)(C)C)=C(c3cccc(NCC(=O)N(C)C)c3)C[C@H]12. The predicted molar refractivity (Wildman–Crippen MR) is 127 cm³/mol. The molecule has 0 saturated carbocycles. The molecule has 3 rings (SSSR count). The van der Waals surface area contributed by atoms with Gasteiger partial charge in [-0.1, -0.05) is 12.1 Å². The van der Waals surface area contributed by atoms with Gasteiger partial charge in [0.15, 0.2) is 0 Å². The van der Waals surface area contributed by atoms with Gasteiger partial charge in [-0.2, -0.15) is 0 Å². The van der Waals surface area contributed by atoms with E-state index in [2.05, 4.69) is 5.32 Å². The van der Waals surface area contributed by atoms with E-state index in [0.29, 0.717) is 23.2 Å². The van der Waals surface area contributed by atoms with Crippen LogP contribution in [0.3, 0.4) is 0 Å². The predicted octanol–water partition coefficient (Wildman–Crippen LogP) is 1.60. The van der Waals surface area contributed by atoms with Gasteiger partial charge in [0.2, 0.25) is 18.6 Å². The van der Waals surface area contributed by atoms with Crippen LogP contribution in [-0.2, 0) is 28.7 Å². The zero-order valence-electron chi connectivity index (χ0n) is 21.0. The summed E-state index contributed by atoms with van der Waals surface area (Å²) in [6.45, 7) is 6.12. The van der Waals surface area contributed by atoms with Crippen molar-refractivity contribution in [3.63, 3.8) is 0 Å². The molecule has 2 aliphatic heterocycles. The number of ether oxygens (including phenoxy) is 2. The molecule has 1 aromatic rings. The number of aliphatic hydroxyl groups is 1. The molecule has 10 nitrogen and oxygen atoms in total. The van der Waals surface area contributed by atoms with E-state index < -0.39 is 36.2 Å². The largest absolute Gasteiger partial charge is 0.427 e. The number of aliphatic hydroxyl groups excluding tert-OH is 1. The van der Waals surface area contributed by atoms with Gasteiger partial charge < -0.3 is 29.7 Å². The summed E-state index contributed by atoms with van der Waals surface area (Å²) < 4.78 is 10.3. The van der Waals surface area contributed by atoms with Gasteiger partial charge in [0, 0.05) is 19.8 Å². The molecule has 1 saturated heterocycles. The van der Waals surface area contributed by atoms with Crippen molar-refractivity contribution in [2.75, 3.05) is 32.7 Å². The maximum Gasteiger partial charge on any atom is 0.358 e. The van der Waals surface area contributed by atoms with E-state index in [1.54, 1.807) is 66.1 Å². The van der Waals surface area contributed by atoms with Gasteiger partial charge in [-0.3, -0.25) is 14.4 Å². The minimum Gasteiger partial charge on any atom is -0.427 e. The maximum atomic E-state index is 13.1. The van der Waals surface area contributed by atoms with Crippen molar-refractivity contribution in [1.29, 1.82) is 0 Å². The van der Waals surface area contributed by atoms with Crippen molar-refractivity contribution >= 4 is 35.0 Å². The molecule has 1 fully saturated rings. The molecule has 2 aliphatic rings. The number of hydrogen-bond donors (Lipinski definition) is 2. The topological polar surface area (TPSA) is 125 Å². The summed E-state index contributed by atoms with van der Waals surface area (Å²) in [6, 6.07) is 6.80. The average molecular weight is 488 g/mol. The molecule has 0 bridgehead atoms. The van der Waals surface area contributed by atoms with E-state index in [1.807, 2.05) is 0 Å². The zero-order valence-corrected chi connectivity index (χ0v) is 21.0. The lowest BCUT2D eigenvalue weighted by molar-refractivity contribution is -0.175. The first-order chi connectivity index (χ1) is 16.3. The highest BCUT2D eigenvalue weighted by Gasteiger charge is 2.57. The minimum absolute atomic E-state index is 0.0743. The highest BCUT2D eigenvalue weighted by Crippen LogP contribution is 2.47. The molecule has 190 valence electrons. The Bertz CT molecular complexity index is 1060. The van der Waals surface area contributed by atoms with Crippen molar-refractivity contribution in [3.05, 3.63) is 35.5 Å². The molecule has 3 atom stereocenters. The Hall–Kier alpha value is -3.40. The third kappa shape index (κ3) is 5.48. The number of likely N-dealkylation sites (N-methyl/N-ethyl adjacent to an activating group) is 1. The molecule has 2 heterocycles. The van der Waals surface area contributed by atoms with Crippen LogP contribution in [0.5, 0.6) is 0 Å². The number of amides is 2. The normalized spacial score (nSPS) is 20.1. The molecular formula is C25H33N3O7. The summed E-state index contributed by atoms with van der Waals surface area (Å²) in [7, 11) is 3.33. The number of rotatable bonds is 8. The maximum absolute atomic E-state index is 13.1. The summed E-state index contributed by atoms with van der Waals surface area (Å²) >= 11 is 0. The molecule has 0 aromatic heterocycles. The summed E-state index contributed by atoms with van der Waals surface area (Å²) in [5.41, 5.74) is 1.25. The fourth-order valence-corrected chi connectivity index (χ4v) is 4.09. The Morgan fingerprint density at radius 1 is 1.23 bits per heavy atom. The fourth-order valence-electron chi connectivity index (χ4n) is 4.09. The summed E-state index contributed by atoms with van der Waals surface area (Å²) in [4.78, 5) is 52.6. The fraction of sp³-hybridized carbons (Fsp3) is 0.520. The van der Waals surface area contributed by atoms with Crippen LogP contribution in [0.15, 0.2) is 30.0 Å². The van der Waals surface area contributed by atoms with E-state index in [0.717, 1.165) is 0 Å². The van der Waals surface area contributed by atoms with Crippen LogP contribution in [0.25, 0.3) is 5.57 Å². The third-order valence-electron chi connectivity index (χ3n) is 6.07. The summed E-state index contributed by atoms with van der Waals surface area (Å²) in [6.07, 6.45) is -0.508. The van der Waals surface area contributed by atoms with Gasteiger partial charge in [-0.05, 0) is 57.4 Å². The van der Waals surface area contributed by atoms with Crippen molar-refractivity contribution in [2.45, 2.75) is 46.3 Å². The van der Waals surface area contributed by atoms with Gasteiger partial charge in [-0.15, -0.1) is 0 Å². The molecule has 2 amide bonds. The van der Waals surface area contributed by atoms with Crippen molar-refractivity contribution in [2.24, 2.45) is 11.3 Å². The van der Waals surface area contributed by atoms with Gasteiger partial charge in [0.1, 0.15) is 5.70 Å². The number of carbonyl (C=O) groups is 4. The van der Waals surface area contributed by atoms with Gasteiger partial charge in [-0.25, -0.2) is 4.79 Å². The Morgan fingerprint density at radius 2 is 1.91 bits per heavy atom. The van der Waals surface area contributed by atoms with E-state index in [9.17, 15) is 24.3 Å². The first-order valence-electron chi connectivity index (χ1n) is 11.5. The number of esters is 2. The Balaban J connectivity index is 1.85. The van der Waals surface area contributed by atoms with Gasteiger partial charge in [0.05, 0.1) is 30.0 Å². The standard InChI is InChI=1S/C25H33N3O7/c1-14(29)20-18-11-17(15-8-7-9-16(10-15)26-12-19(30)27(5)6)21(28(18)22(20)31)23(32)34-13-35-24(33)25(2,3)4/h7-10,14,18,20,26,29H,11-13H2,1-6H3/t14-,18-,20-/m1/s1. The molecule has 0 aliphatic carbocycles.